The van der Waals surface area contributed by atoms with Crippen LogP contribution in [0.2, 0.25) is 0 Å². The van der Waals surface area contributed by atoms with Crippen molar-refractivity contribution in [2.24, 2.45) is 0 Å². The number of nitrogens with zero attached hydrogens (tertiary/aromatic N) is 2. The maximum atomic E-state index is 12.7. The van der Waals surface area contributed by atoms with E-state index in [-0.39, 0.29) is 17.3 Å². The third-order valence-electron chi connectivity index (χ3n) is 4.41. The summed E-state index contributed by atoms with van der Waals surface area (Å²) in [5.74, 6) is 1.81. The molecule has 0 aliphatic heterocycles. The minimum absolute atomic E-state index is 0.121. The Morgan fingerprint density at radius 1 is 1.07 bits per heavy atom. The standard InChI is InChI=1S/C19H21N3O5S/c1-12-13(2)17(9-8-16(12)26-4)28(23,24)20-11-18-21-19(22-27-18)14-6-5-7-15(10-14)25-3/h5-10,20H,11H2,1-4H3. The van der Waals surface area contributed by atoms with Crippen molar-refractivity contribution >= 4 is 10.0 Å². The lowest BCUT2D eigenvalue weighted by Crippen LogP contribution is -2.24. The Bertz CT molecular complexity index is 1090. The Kier molecular flexibility index (Phi) is 5.66. The molecule has 0 amide bonds. The zero-order chi connectivity index (χ0) is 20.3. The van der Waals surface area contributed by atoms with E-state index in [1.807, 2.05) is 19.1 Å². The van der Waals surface area contributed by atoms with Gasteiger partial charge in [0, 0.05) is 5.56 Å². The fraction of sp³-hybridized carbons (Fsp3) is 0.263. The van der Waals surface area contributed by atoms with Gasteiger partial charge in [-0.25, -0.2) is 13.1 Å². The minimum atomic E-state index is -3.76. The van der Waals surface area contributed by atoms with Crippen molar-refractivity contribution in [3.8, 4) is 22.9 Å². The van der Waals surface area contributed by atoms with Crippen LogP contribution in [0.1, 0.15) is 17.0 Å². The van der Waals surface area contributed by atoms with E-state index in [0.29, 0.717) is 28.5 Å². The Hall–Kier alpha value is -2.91. The highest BCUT2D eigenvalue weighted by Gasteiger charge is 2.20. The lowest BCUT2D eigenvalue weighted by molar-refractivity contribution is 0.376. The van der Waals surface area contributed by atoms with Crippen LogP contribution >= 0.6 is 0 Å². The van der Waals surface area contributed by atoms with Gasteiger partial charge in [0.05, 0.1) is 25.7 Å². The molecule has 28 heavy (non-hydrogen) atoms. The number of aromatic nitrogens is 2. The summed E-state index contributed by atoms with van der Waals surface area (Å²) in [5.41, 5.74) is 2.09. The number of nitrogens with one attached hydrogen (secondary N) is 1. The highest BCUT2D eigenvalue weighted by Crippen LogP contribution is 2.27. The largest absolute Gasteiger partial charge is 0.497 e. The Morgan fingerprint density at radius 2 is 1.86 bits per heavy atom. The van der Waals surface area contributed by atoms with Crippen LogP contribution in [0.4, 0.5) is 0 Å². The second kappa shape index (κ2) is 7.99. The van der Waals surface area contributed by atoms with Gasteiger partial charge in [0.15, 0.2) is 0 Å². The normalized spacial score (nSPS) is 11.4. The molecule has 0 atom stereocenters. The van der Waals surface area contributed by atoms with Gasteiger partial charge in [0.25, 0.3) is 0 Å². The molecule has 0 aliphatic rings. The van der Waals surface area contributed by atoms with E-state index in [0.717, 1.165) is 5.56 Å². The molecule has 148 valence electrons. The van der Waals surface area contributed by atoms with E-state index in [9.17, 15) is 8.42 Å². The van der Waals surface area contributed by atoms with Gasteiger partial charge in [-0.05, 0) is 49.2 Å². The highest BCUT2D eigenvalue weighted by molar-refractivity contribution is 7.89. The van der Waals surface area contributed by atoms with E-state index in [1.165, 1.54) is 6.07 Å². The van der Waals surface area contributed by atoms with Crippen LogP contribution in [0, 0.1) is 13.8 Å². The lowest BCUT2D eigenvalue weighted by Gasteiger charge is -2.13. The minimum Gasteiger partial charge on any atom is -0.497 e. The van der Waals surface area contributed by atoms with Gasteiger partial charge in [0.1, 0.15) is 11.5 Å². The summed E-state index contributed by atoms with van der Waals surface area (Å²) in [6, 6.07) is 10.3. The molecule has 0 aliphatic carbocycles. The predicted octanol–water partition coefficient (Wildman–Crippen LogP) is 2.85. The molecule has 0 unspecified atom stereocenters. The van der Waals surface area contributed by atoms with E-state index in [2.05, 4.69) is 14.9 Å². The second-order valence-corrected chi connectivity index (χ2v) is 7.82. The molecule has 1 N–H and O–H groups in total. The molecule has 2 aromatic carbocycles. The molecular formula is C19H21N3O5S. The van der Waals surface area contributed by atoms with Gasteiger partial charge in [-0.15, -0.1) is 0 Å². The van der Waals surface area contributed by atoms with E-state index < -0.39 is 10.0 Å². The SMILES string of the molecule is COc1cccc(-c2noc(CNS(=O)(=O)c3ccc(OC)c(C)c3C)n2)c1. The van der Waals surface area contributed by atoms with E-state index in [4.69, 9.17) is 14.0 Å². The first-order valence-corrected chi connectivity index (χ1v) is 9.95. The van der Waals surface area contributed by atoms with Gasteiger partial charge in [0.2, 0.25) is 21.7 Å². The summed E-state index contributed by atoms with van der Waals surface area (Å²) in [7, 11) is -0.643. The molecule has 3 rings (SSSR count). The van der Waals surface area contributed by atoms with E-state index in [1.54, 1.807) is 39.3 Å². The first-order valence-electron chi connectivity index (χ1n) is 8.46. The number of methoxy groups -OCH3 is 2. The summed E-state index contributed by atoms with van der Waals surface area (Å²) in [6.07, 6.45) is 0. The van der Waals surface area contributed by atoms with Crippen molar-refractivity contribution in [3.05, 3.63) is 53.4 Å². The summed E-state index contributed by atoms with van der Waals surface area (Å²) in [5, 5.41) is 3.90. The monoisotopic (exact) mass is 403 g/mol. The molecule has 3 aromatic rings. The average molecular weight is 403 g/mol. The third kappa shape index (κ3) is 4.00. The van der Waals surface area contributed by atoms with Crippen LogP contribution in [-0.2, 0) is 16.6 Å². The van der Waals surface area contributed by atoms with Crippen LogP contribution in [-0.4, -0.2) is 32.8 Å². The molecule has 0 bridgehead atoms. The summed E-state index contributed by atoms with van der Waals surface area (Å²) in [6.45, 7) is 3.43. The summed E-state index contributed by atoms with van der Waals surface area (Å²) >= 11 is 0. The molecule has 0 radical (unpaired) electrons. The van der Waals surface area contributed by atoms with Gasteiger partial charge < -0.3 is 14.0 Å². The lowest BCUT2D eigenvalue weighted by atomic mass is 10.1. The van der Waals surface area contributed by atoms with Crippen LogP contribution in [0.3, 0.4) is 0 Å². The van der Waals surface area contributed by atoms with E-state index >= 15 is 0 Å². The maximum Gasteiger partial charge on any atom is 0.242 e. The smallest absolute Gasteiger partial charge is 0.242 e. The molecule has 0 spiro atoms. The van der Waals surface area contributed by atoms with Crippen LogP contribution in [0.15, 0.2) is 45.8 Å². The predicted molar refractivity (Wildman–Crippen MR) is 103 cm³/mol. The number of ether oxygens (including phenoxy) is 2. The van der Waals surface area contributed by atoms with Crippen molar-refractivity contribution in [2.45, 2.75) is 25.3 Å². The van der Waals surface area contributed by atoms with Crippen LogP contribution in [0.25, 0.3) is 11.4 Å². The highest BCUT2D eigenvalue weighted by atomic mass is 32.2. The fourth-order valence-electron chi connectivity index (χ4n) is 2.72. The molecule has 8 nitrogen and oxygen atoms in total. The molecule has 9 heteroatoms. The summed E-state index contributed by atoms with van der Waals surface area (Å²) in [4.78, 5) is 4.42. The van der Waals surface area contributed by atoms with Gasteiger partial charge in [-0.3, -0.25) is 0 Å². The number of benzene rings is 2. The fourth-order valence-corrected chi connectivity index (χ4v) is 4.00. The number of sulfonamides is 1. The zero-order valence-corrected chi connectivity index (χ0v) is 16.8. The van der Waals surface area contributed by atoms with Gasteiger partial charge in [-0.2, -0.15) is 4.98 Å². The average Bonchev–Trinajstić information content (AvgIpc) is 3.17. The van der Waals surface area contributed by atoms with Crippen molar-refractivity contribution in [3.63, 3.8) is 0 Å². The molecular weight excluding hydrogens is 382 g/mol. The molecule has 1 heterocycles. The number of rotatable bonds is 7. The number of hydrogen-bond acceptors (Lipinski definition) is 7. The quantitative estimate of drug-likeness (QED) is 0.647. The third-order valence-corrected chi connectivity index (χ3v) is 5.95. The van der Waals surface area contributed by atoms with Crippen molar-refractivity contribution < 1.29 is 22.4 Å². The van der Waals surface area contributed by atoms with Gasteiger partial charge in [-0.1, -0.05) is 17.3 Å². The first-order chi connectivity index (χ1) is 13.4. The molecule has 0 fully saturated rings. The Morgan fingerprint density at radius 3 is 2.57 bits per heavy atom. The zero-order valence-electron chi connectivity index (χ0n) is 16.0. The first kappa shape index (κ1) is 19.8. The second-order valence-electron chi connectivity index (χ2n) is 6.08. The Balaban J connectivity index is 1.77. The molecule has 1 aromatic heterocycles. The van der Waals surface area contributed by atoms with Gasteiger partial charge >= 0.3 is 0 Å². The molecule has 0 saturated carbocycles. The van der Waals surface area contributed by atoms with Crippen molar-refractivity contribution in [1.82, 2.24) is 14.9 Å². The summed E-state index contributed by atoms with van der Waals surface area (Å²) < 4.78 is 43.4. The van der Waals surface area contributed by atoms with Crippen LogP contribution in [0.5, 0.6) is 11.5 Å². The van der Waals surface area contributed by atoms with Crippen molar-refractivity contribution in [2.75, 3.05) is 14.2 Å². The molecule has 0 saturated heterocycles. The topological polar surface area (TPSA) is 104 Å². The van der Waals surface area contributed by atoms with Crippen LogP contribution < -0.4 is 14.2 Å². The maximum absolute atomic E-state index is 12.7. The number of hydrogen-bond donors (Lipinski definition) is 1. The van der Waals surface area contributed by atoms with Crippen molar-refractivity contribution in [1.29, 1.82) is 0 Å². The Labute approximate surface area is 163 Å².